The molecule has 3 heteroatoms. The SMILES string of the molecule is CCC(NC(=O)c1ccco1)c1ccccc1. The van der Waals surface area contributed by atoms with Crippen LogP contribution >= 0.6 is 0 Å². The number of benzene rings is 1. The van der Waals surface area contributed by atoms with E-state index in [1.165, 1.54) is 6.26 Å². The predicted octanol–water partition coefficient (Wildman–Crippen LogP) is 3.16. The molecule has 0 bridgehead atoms. The van der Waals surface area contributed by atoms with E-state index in [4.69, 9.17) is 4.42 Å². The molecule has 1 N–H and O–H groups in total. The monoisotopic (exact) mass is 229 g/mol. The number of hydrogen-bond donors (Lipinski definition) is 1. The highest BCUT2D eigenvalue weighted by Gasteiger charge is 2.15. The lowest BCUT2D eigenvalue weighted by molar-refractivity contribution is 0.0907. The van der Waals surface area contributed by atoms with Crippen LogP contribution < -0.4 is 5.32 Å². The molecule has 0 saturated carbocycles. The second kappa shape index (κ2) is 5.34. The zero-order valence-corrected chi connectivity index (χ0v) is 9.72. The van der Waals surface area contributed by atoms with Crippen molar-refractivity contribution in [3.8, 4) is 0 Å². The Morgan fingerprint density at radius 3 is 2.59 bits per heavy atom. The average molecular weight is 229 g/mol. The molecule has 0 aliphatic heterocycles. The number of rotatable bonds is 4. The molecule has 0 radical (unpaired) electrons. The Hall–Kier alpha value is -2.03. The van der Waals surface area contributed by atoms with E-state index in [-0.39, 0.29) is 11.9 Å². The molecule has 1 aromatic carbocycles. The summed E-state index contributed by atoms with van der Waals surface area (Å²) in [5.74, 6) is 0.171. The van der Waals surface area contributed by atoms with Crippen LogP contribution in [0.5, 0.6) is 0 Å². The van der Waals surface area contributed by atoms with E-state index >= 15 is 0 Å². The van der Waals surface area contributed by atoms with E-state index in [2.05, 4.69) is 5.32 Å². The third-order valence-corrected chi connectivity index (χ3v) is 2.66. The van der Waals surface area contributed by atoms with Gasteiger partial charge in [0.25, 0.3) is 5.91 Å². The first-order chi connectivity index (χ1) is 8.31. The minimum Gasteiger partial charge on any atom is -0.459 e. The van der Waals surface area contributed by atoms with Gasteiger partial charge < -0.3 is 9.73 Å². The number of hydrogen-bond acceptors (Lipinski definition) is 2. The molecule has 88 valence electrons. The van der Waals surface area contributed by atoms with Gasteiger partial charge in [-0.2, -0.15) is 0 Å². The van der Waals surface area contributed by atoms with Crippen LogP contribution in [0.25, 0.3) is 0 Å². The molecule has 1 atom stereocenters. The van der Waals surface area contributed by atoms with Gasteiger partial charge in [0.05, 0.1) is 12.3 Å². The van der Waals surface area contributed by atoms with Gasteiger partial charge in [0.15, 0.2) is 5.76 Å². The van der Waals surface area contributed by atoms with E-state index < -0.39 is 0 Å². The molecule has 2 aromatic rings. The van der Waals surface area contributed by atoms with Crippen LogP contribution in [0.2, 0.25) is 0 Å². The van der Waals surface area contributed by atoms with Gasteiger partial charge in [0.2, 0.25) is 0 Å². The van der Waals surface area contributed by atoms with Crippen LogP contribution in [0.15, 0.2) is 53.1 Å². The molecule has 0 aliphatic rings. The number of carbonyl (C=O) groups excluding carboxylic acids is 1. The zero-order chi connectivity index (χ0) is 12.1. The van der Waals surface area contributed by atoms with Gasteiger partial charge in [-0.15, -0.1) is 0 Å². The average Bonchev–Trinajstić information content (AvgIpc) is 2.90. The van der Waals surface area contributed by atoms with Gasteiger partial charge in [0, 0.05) is 0 Å². The molecule has 1 amide bonds. The summed E-state index contributed by atoms with van der Waals surface area (Å²) in [5, 5.41) is 2.95. The lowest BCUT2D eigenvalue weighted by Gasteiger charge is -2.16. The molecule has 1 aromatic heterocycles. The van der Waals surface area contributed by atoms with Crippen molar-refractivity contribution in [2.45, 2.75) is 19.4 Å². The fourth-order valence-corrected chi connectivity index (χ4v) is 1.74. The van der Waals surface area contributed by atoms with Gasteiger partial charge in [-0.25, -0.2) is 0 Å². The first-order valence-electron chi connectivity index (χ1n) is 5.70. The van der Waals surface area contributed by atoms with Crippen LogP contribution in [0.3, 0.4) is 0 Å². The van der Waals surface area contributed by atoms with Crippen molar-refractivity contribution in [1.82, 2.24) is 5.32 Å². The first kappa shape index (κ1) is 11.5. The molecule has 3 nitrogen and oxygen atoms in total. The number of furan rings is 1. The van der Waals surface area contributed by atoms with Crippen LogP contribution in [0.4, 0.5) is 0 Å². The molecular formula is C14H15NO2. The van der Waals surface area contributed by atoms with E-state index in [1.54, 1.807) is 12.1 Å². The standard InChI is InChI=1S/C14H15NO2/c1-2-12(11-7-4-3-5-8-11)15-14(16)13-9-6-10-17-13/h3-10,12H,2H2,1H3,(H,15,16). The summed E-state index contributed by atoms with van der Waals surface area (Å²) < 4.78 is 5.06. The molecule has 0 spiro atoms. The van der Waals surface area contributed by atoms with Crippen molar-refractivity contribution in [3.63, 3.8) is 0 Å². The summed E-state index contributed by atoms with van der Waals surface area (Å²) in [4.78, 5) is 11.8. The Labute approximate surface area is 100 Å². The molecule has 17 heavy (non-hydrogen) atoms. The lowest BCUT2D eigenvalue weighted by atomic mass is 10.0. The van der Waals surface area contributed by atoms with Crippen molar-refractivity contribution in [2.75, 3.05) is 0 Å². The molecule has 0 aliphatic carbocycles. The molecule has 1 unspecified atom stereocenters. The van der Waals surface area contributed by atoms with Crippen molar-refractivity contribution in [2.24, 2.45) is 0 Å². The molecule has 0 fully saturated rings. The minimum absolute atomic E-state index is 0.0220. The summed E-state index contributed by atoms with van der Waals surface area (Å²) in [5.41, 5.74) is 1.11. The topological polar surface area (TPSA) is 42.2 Å². The number of amides is 1. The van der Waals surface area contributed by atoms with E-state index in [9.17, 15) is 4.79 Å². The molecule has 0 saturated heterocycles. The third-order valence-electron chi connectivity index (χ3n) is 2.66. The Bertz CT molecular complexity index is 462. The maximum atomic E-state index is 11.8. The second-order valence-corrected chi connectivity index (χ2v) is 3.82. The molecule has 1 heterocycles. The Morgan fingerprint density at radius 2 is 2.00 bits per heavy atom. The maximum absolute atomic E-state index is 11.8. The fourth-order valence-electron chi connectivity index (χ4n) is 1.74. The third kappa shape index (κ3) is 2.75. The minimum atomic E-state index is -0.175. The predicted molar refractivity (Wildman–Crippen MR) is 65.6 cm³/mol. The summed E-state index contributed by atoms with van der Waals surface area (Å²) in [6, 6.07) is 13.3. The second-order valence-electron chi connectivity index (χ2n) is 3.82. The smallest absolute Gasteiger partial charge is 0.287 e. The normalized spacial score (nSPS) is 12.1. The number of carbonyl (C=O) groups is 1. The van der Waals surface area contributed by atoms with Crippen LogP contribution in [-0.4, -0.2) is 5.91 Å². The lowest BCUT2D eigenvalue weighted by Crippen LogP contribution is -2.27. The van der Waals surface area contributed by atoms with Gasteiger partial charge >= 0.3 is 0 Å². The van der Waals surface area contributed by atoms with Crippen molar-refractivity contribution >= 4 is 5.91 Å². The number of nitrogens with one attached hydrogen (secondary N) is 1. The van der Waals surface area contributed by atoms with Crippen molar-refractivity contribution < 1.29 is 9.21 Å². The summed E-state index contributed by atoms with van der Waals surface area (Å²) in [6.07, 6.45) is 2.34. The van der Waals surface area contributed by atoms with E-state index in [0.29, 0.717) is 5.76 Å². The van der Waals surface area contributed by atoms with Gasteiger partial charge in [-0.1, -0.05) is 37.3 Å². The Balaban J connectivity index is 2.09. The van der Waals surface area contributed by atoms with Gasteiger partial charge in [0.1, 0.15) is 0 Å². The largest absolute Gasteiger partial charge is 0.459 e. The van der Waals surface area contributed by atoms with Gasteiger partial charge in [-0.05, 0) is 24.1 Å². The van der Waals surface area contributed by atoms with Crippen molar-refractivity contribution in [3.05, 3.63) is 60.1 Å². The van der Waals surface area contributed by atoms with Crippen LogP contribution in [0, 0.1) is 0 Å². The zero-order valence-electron chi connectivity index (χ0n) is 9.72. The Morgan fingerprint density at radius 1 is 1.24 bits per heavy atom. The highest BCUT2D eigenvalue weighted by molar-refractivity contribution is 5.91. The maximum Gasteiger partial charge on any atom is 0.287 e. The van der Waals surface area contributed by atoms with Crippen LogP contribution in [-0.2, 0) is 0 Å². The summed E-state index contributed by atoms with van der Waals surface area (Å²) in [6.45, 7) is 2.04. The van der Waals surface area contributed by atoms with Gasteiger partial charge in [-0.3, -0.25) is 4.79 Å². The quantitative estimate of drug-likeness (QED) is 0.875. The highest BCUT2D eigenvalue weighted by atomic mass is 16.3. The summed E-state index contributed by atoms with van der Waals surface area (Å²) in [7, 11) is 0. The summed E-state index contributed by atoms with van der Waals surface area (Å²) >= 11 is 0. The molecular weight excluding hydrogens is 214 g/mol. The fraction of sp³-hybridized carbons (Fsp3) is 0.214. The highest BCUT2D eigenvalue weighted by Crippen LogP contribution is 2.16. The Kier molecular flexibility index (Phi) is 3.60. The molecule has 2 rings (SSSR count). The first-order valence-corrected chi connectivity index (χ1v) is 5.70. The van der Waals surface area contributed by atoms with Crippen molar-refractivity contribution in [1.29, 1.82) is 0 Å². The van der Waals surface area contributed by atoms with E-state index in [0.717, 1.165) is 12.0 Å². The van der Waals surface area contributed by atoms with E-state index in [1.807, 2.05) is 37.3 Å². The van der Waals surface area contributed by atoms with Crippen LogP contribution in [0.1, 0.15) is 35.5 Å².